The van der Waals surface area contributed by atoms with Crippen LogP contribution in [0.5, 0.6) is 0 Å². The van der Waals surface area contributed by atoms with Crippen LogP contribution >= 0.6 is 0 Å². The van der Waals surface area contributed by atoms with Gasteiger partial charge in [-0.2, -0.15) is 27.1 Å². The van der Waals surface area contributed by atoms with Crippen LogP contribution in [0.2, 0.25) is 0 Å². The van der Waals surface area contributed by atoms with Gasteiger partial charge in [0, 0.05) is 26.7 Å². The molecule has 0 radical (unpaired) electrons. The molecule has 2 unspecified atom stereocenters. The molecule has 1 aliphatic rings. The number of benzene rings is 1. The average Bonchev–Trinajstić information content (AvgIpc) is 3.49. The summed E-state index contributed by atoms with van der Waals surface area (Å²) in [5.41, 5.74) is 0.674. The SMILES string of the molecule is CN(Cc1ccc(F)cc1)c1nc(C2C(C(F)(F)F)NCCN2S(C)(=O)=O)nn1C(=O)c1ccoc1. The number of aromatic nitrogens is 3. The number of halogens is 4. The zero-order chi connectivity index (χ0) is 26.3. The molecule has 0 spiro atoms. The Balaban J connectivity index is 1.82. The van der Waals surface area contributed by atoms with Crippen molar-refractivity contribution in [2.45, 2.75) is 24.8 Å². The maximum absolute atomic E-state index is 13.9. The maximum Gasteiger partial charge on any atom is 0.405 e. The number of hydrogen-bond donors (Lipinski definition) is 1. The highest BCUT2D eigenvalue weighted by Gasteiger charge is 2.53. The highest BCUT2D eigenvalue weighted by Crippen LogP contribution is 2.37. The van der Waals surface area contributed by atoms with Gasteiger partial charge in [0.25, 0.3) is 5.91 Å². The smallest absolute Gasteiger partial charge is 0.405 e. The number of carbonyl (C=O) groups excluding carboxylic acids is 1. The quantitative estimate of drug-likeness (QED) is 0.483. The predicted octanol–water partition coefficient (Wildman–Crippen LogP) is 2.17. The van der Waals surface area contributed by atoms with Crippen molar-refractivity contribution >= 4 is 21.9 Å². The summed E-state index contributed by atoms with van der Waals surface area (Å²) in [6.45, 7) is -0.390. The Morgan fingerprint density at radius 1 is 1.25 bits per heavy atom. The van der Waals surface area contributed by atoms with E-state index in [0.717, 1.165) is 17.2 Å². The molecule has 4 rings (SSSR count). The molecule has 36 heavy (non-hydrogen) atoms. The number of furan rings is 1. The number of anilines is 1. The molecule has 194 valence electrons. The second kappa shape index (κ2) is 9.63. The standard InChI is InChI=1S/C21H22F4N6O4S/c1-29(11-13-3-5-15(22)6-4-13)20-27-18(28-31(20)19(32)14-7-10-35-12-14)16-17(21(23,24)25)26-8-9-30(16)36(2,33)34/h3-7,10,12,16-17,26H,8-9,11H2,1-2H3. The van der Waals surface area contributed by atoms with E-state index in [1.54, 1.807) is 0 Å². The molecule has 0 saturated carbocycles. The van der Waals surface area contributed by atoms with Gasteiger partial charge in [0.05, 0.1) is 18.1 Å². The van der Waals surface area contributed by atoms with E-state index in [0.29, 0.717) is 9.87 Å². The van der Waals surface area contributed by atoms with Crippen LogP contribution in [0.3, 0.4) is 0 Å². The molecule has 1 fully saturated rings. The van der Waals surface area contributed by atoms with E-state index in [4.69, 9.17) is 4.42 Å². The van der Waals surface area contributed by atoms with E-state index in [9.17, 15) is 30.8 Å². The van der Waals surface area contributed by atoms with Gasteiger partial charge in [-0.05, 0) is 23.8 Å². The van der Waals surface area contributed by atoms with E-state index in [1.807, 2.05) is 0 Å². The third-order valence-corrected chi connectivity index (χ3v) is 6.87. The van der Waals surface area contributed by atoms with Gasteiger partial charge in [-0.25, -0.2) is 12.8 Å². The Morgan fingerprint density at radius 2 is 1.94 bits per heavy atom. The molecule has 1 aliphatic heterocycles. The summed E-state index contributed by atoms with van der Waals surface area (Å²) in [7, 11) is -2.58. The van der Waals surface area contributed by atoms with Crippen LogP contribution in [0.1, 0.15) is 27.8 Å². The summed E-state index contributed by atoms with van der Waals surface area (Å²) >= 11 is 0. The first-order chi connectivity index (χ1) is 16.9. The minimum Gasteiger partial charge on any atom is -0.472 e. The molecule has 2 atom stereocenters. The summed E-state index contributed by atoms with van der Waals surface area (Å²) in [6.07, 6.45) is -1.66. The molecule has 1 saturated heterocycles. The highest BCUT2D eigenvalue weighted by molar-refractivity contribution is 7.88. The lowest BCUT2D eigenvalue weighted by Gasteiger charge is -2.39. The van der Waals surface area contributed by atoms with Crippen molar-refractivity contribution < 1.29 is 35.2 Å². The first-order valence-corrected chi connectivity index (χ1v) is 12.5. The number of alkyl halides is 3. The monoisotopic (exact) mass is 530 g/mol. The zero-order valence-corrected chi connectivity index (χ0v) is 19.9. The number of nitrogens with zero attached hydrogens (tertiary/aromatic N) is 5. The van der Waals surface area contributed by atoms with E-state index in [-0.39, 0.29) is 31.1 Å². The molecule has 15 heteroatoms. The van der Waals surface area contributed by atoms with Crippen LogP contribution in [-0.4, -0.2) is 72.0 Å². The second-order valence-electron chi connectivity index (χ2n) is 8.27. The van der Waals surface area contributed by atoms with Crippen molar-refractivity contribution in [2.75, 3.05) is 31.3 Å². The summed E-state index contributed by atoms with van der Waals surface area (Å²) in [6, 6.07) is 2.66. The fourth-order valence-electron chi connectivity index (χ4n) is 3.96. The van der Waals surface area contributed by atoms with Crippen molar-refractivity contribution in [3.8, 4) is 0 Å². The van der Waals surface area contributed by atoms with Gasteiger partial charge < -0.3 is 14.6 Å². The number of carbonyl (C=O) groups is 1. The van der Waals surface area contributed by atoms with E-state index in [2.05, 4.69) is 15.4 Å². The number of piperazine rings is 1. The van der Waals surface area contributed by atoms with Gasteiger partial charge in [-0.3, -0.25) is 4.79 Å². The molecular formula is C21H22F4N6O4S. The Bertz CT molecular complexity index is 1330. The van der Waals surface area contributed by atoms with Crippen LogP contribution in [0.4, 0.5) is 23.5 Å². The Hall–Kier alpha value is -3.30. The zero-order valence-electron chi connectivity index (χ0n) is 19.1. The summed E-state index contributed by atoms with van der Waals surface area (Å²) < 4.78 is 86.3. The lowest BCUT2D eigenvalue weighted by atomic mass is 10.0. The second-order valence-corrected chi connectivity index (χ2v) is 10.2. The van der Waals surface area contributed by atoms with Crippen LogP contribution in [0, 0.1) is 5.82 Å². The molecular weight excluding hydrogens is 508 g/mol. The first kappa shape index (κ1) is 25.8. The summed E-state index contributed by atoms with van der Waals surface area (Å²) in [5, 5.41) is 6.36. The van der Waals surface area contributed by atoms with Gasteiger partial charge >= 0.3 is 6.18 Å². The van der Waals surface area contributed by atoms with Gasteiger partial charge in [-0.15, -0.1) is 5.10 Å². The van der Waals surface area contributed by atoms with Gasteiger partial charge in [-0.1, -0.05) is 12.1 Å². The Labute approximate surface area is 203 Å². The van der Waals surface area contributed by atoms with Crippen molar-refractivity contribution in [3.63, 3.8) is 0 Å². The largest absolute Gasteiger partial charge is 0.472 e. The fourth-order valence-corrected chi connectivity index (χ4v) is 5.01. The molecule has 2 aromatic heterocycles. The Kier molecular flexibility index (Phi) is 6.90. The molecule has 1 aromatic carbocycles. The fraction of sp³-hybridized carbons (Fsp3) is 0.381. The third kappa shape index (κ3) is 5.27. The average molecular weight is 531 g/mol. The van der Waals surface area contributed by atoms with Gasteiger partial charge in [0.1, 0.15) is 24.2 Å². The summed E-state index contributed by atoms with van der Waals surface area (Å²) in [5.74, 6) is -1.85. The van der Waals surface area contributed by atoms with E-state index >= 15 is 0 Å². The number of rotatable bonds is 6. The topological polar surface area (TPSA) is 114 Å². The maximum atomic E-state index is 13.9. The highest BCUT2D eigenvalue weighted by atomic mass is 32.2. The van der Waals surface area contributed by atoms with Crippen molar-refractivity contribution in [1.29, 1.82) is 0 Å². The first-order valence-electron chi connectivity index (χ1n) is 10.6. The van der Waals surface area contributed by atoms with Crippen LogP contribution in [-0.2, 0) is 16.6 Å². The normalized spacial score (nSPS) is 19.4. The van der Waals surface area contributed by atoms with Crippen molar-refractivity contribution in [1.82, 2.24) is 24.4 Å². The molecule has 3 heterocycles. The molecule has 0 bridgehead atoms. The predicted molar refractivity (Wildman–Crippen MR) is 119 cm³/mol. The molecule has 0 aliphatic carbocycles. The van der Waals surface area contributed by atoms with E-state index < -0.39 is 45.8 Å². The van der Waals surface area contributed by atoms with Crippen LogP contribution in [0.25, 0.3) is 0 Å². The van der Waals surface area contributed by atoms with Crippen LogP contribution in [0.15, 0.2) is 47.3 Å². The summed E-state index contributed by atoms with van der Waals surface area (Å²) in [4.78, 5) is 18.8. The molecule has 1 N–H and O–H groups in total. The van der Waals surface area contributed by atoms with Gasteiger partial charge in [0.15, 0.2) is 5.82 Å². The van der Waals surface area contributed by atoms with Crippen LogP contribution < -0.4 is 10.2 Å². The minimum atomic E-state index is -4.84. The molecule has 0 amide bonds. The molecule has 10 nitrogen and oxygen atoms in total. The van der Waals surface area contributed by atoms with E-state index in [1.165, 1.54) is 48.5 Å². The Morgan fingerprint density at radius 3 is 2.53 bits per heavy atom. The van der Waals surface area contributed by atoms with Crippen molar-refractivity contribution in [2.24, 2.45) is 0 Å². The van der Waals surface area contributed by atoms with Crippen molar-refractivity contribution in [3.05, 3.63) is 65.6 Å². The molecule has 3 aromatic rings. The lowest BCUT2D eigenvalue weighted by molar-refractivity contribution is -0.173. The lowest BCUT2D eigenvalue weighted by Crippen LogP contribution is -2.60. The van der Waals surface area contributed by atoms with Gasteiger partial charge in [0.2, 0.25) is 16.0 Å². The minimum absolute atomic E-state index is 0.0528. The third-order valence-electron chi connectivity index (χ3n) is 5.61. The number of hydrogen-bond acceptors (Lipinski definition) is 8. The number of sulfonamides is 1. The number of nitrogens with one attached hydrogen (secondary N) is 1.